The third kappa shape index (κ3) is 4.39. The van der Waals surface area contributed by atoms with Crippen LogP contribution in [0.5, 0.6) is 11.5 Å². The number of nitrogens with one attached hydrogen (secondary N) is 1. The fourth-order valence-electron chi connectivity index (χ4n) is 3.33. The van der Waals surface area contributed by atoms with Gasteiger partial charge < -0.3 is 19.7 Å². The molecule has 1 heterocycles. The molecule has 0 bridgehead atoms. The molecule has 0 radical (unpaired) electrons. The van der Waals surface area contributed by atoms with Crippen LogP contribution in [0.4, 0.5) is 0 Å². The number of halogens is 1. The number of nitrogens with zero attached hydrogens (tertiary/aromatic N) is 1. The average molecular weight is 403 g/mol. The van der Waals surface area contributed by atoms with Crippen LogP contribution < -0.4 is 14.8 Å². The number of likely N-dealkylation sites (tertiary alicyclic amines) is 1. The van der Waals surface area contributed by atoms with Crippen LogP contribution in [0, 0.1) is 0 Å². The first-order valence-electron chi connectivity index (χ1n) is 9.08. The summed E-state index contributed by atoms with van der Waals surface area (Å²) in [7, 11) is 3.07. The smallest absolute Gasteiger partial charge is 0.254 e. The maximum Gasteiger partial charge on any atom is 0.254 e. The van der Waals surface area contributed by atoms with Crippen molar-refractivity contribution in [1.29, 1.82) is 0 Å². The Morgan fingerprint density at radius 3 is 2.50 bits per heavy atom. The molecule has 0 spiro atoms. The number of hydrogen-bond acceptors (Lipinski definition) is 4. The first-order chi connectivity index (χ1) is 13.5. The third-order valence-electron chi connectivity index (χ3n) is 4.83. The maximum absolute atomic E-state index is 13.0. The minimum absolute atomic E-state index is 0.152. The number of carbonyl (C=O) groups is 2. The highest BCUT2D eigenvalue weighted by atomic mass is 35.5. The van der Waals surface area contributed by atoms with Gasteiger partial charge in [0.2, 0.25) is 5.91 Å². The Labute approximate surface area is 169 Å². The van der Waals surface area contributed by atoms with Gasteiger partial charge in [-0.15, -0.1) is 0 Å². The summed E-state index contributed by atoms with van der Waals surface area (Å²) in [6.07, 6.45) is 1.43. The molecule has 0 aromatic heterocycles. The zero-order chi connectivity index (χ0) is 20.1. The molecule has 3 rings (SSSR count). The van der Waals surface area contributed by atoms with E-state index >= 15 is 0 Å². The lowest BCUT2D eigenvalue weighted by atomic mass is 10.1. The first-order valence-corrected chi connectivity index (χ1v) is 9.46. The number of carbonyl (C=O) groups excluding carboxylic acids is 2. The molecule has 0 saturated carbocycles. The van der Waals surface area contributed by atoms with E-state index in [9.17, 15) is 9.59 Å². The molecule has 1 fully saturated rings. The average Bonchev–Trinajstić information content (AvgIpc) is 3.22. The monoisotopic (exact) mass is 402 g/mol. The Morgan fingerprint density at radius 1 is 1.11 bits per heavy atom. The van der Waals surface area contributed by atoms with Crippen LogP contribution in [0.2, 0.25) is 5.02 Å². The van der Waals surface area contributed by atoms with E-state index in [2.05, 4.69) is 5.32 Å². The highest BCUT2D eigenvalue weighted by molar-refractivity contribution is 6.30. The molecule has 1 saturated heterocycles. The Morgan fingerprint density at radius 2 is 1.82 bits per heavy atom. The fraction of sp³-hybridized carbons (Fsp3) is 0.333. The molecule has 1 atom stereocenters. The predicted molar refractivity (Wildman–Crippen MR) is 107 cm³/mol. The quantitative estimate of drug-likeness (QED) is 0.805. The van der Waals surface area contributed by atoms with Gasteiger partial charge in [0, 0.05) is 23.7 Å². The van der Waals surface area contributed by atoms with E-state index < -0.39 is 6.04 Å². The molecular weight excluding hydrogens is 380 g/mol. The van der Waals surface area contributed by atoms with Gasteiger partial charge in [-0.05, 0) is 48.7 Å². The van der Waals surface area contributed by atoms with Crippen molar-refractivity contribution in [2.45, 2.75) is 25.4 Å². The fourth-order valence-corrected chi connectivity index (χ4v) is 3.45. The maximum atomic E-state index is 13.0. The van der Waals surface area contributed by atoms with E-state index in [1.165, 1.54) is 7.11 Å². The Hall–Kier alpha value is -2.73. The van der Waals surface area contributed by atoms with E-state index in [-0.39, 0.29) is 11.8 Å². The van der Waals surface area contributed by atoms with Crippen molar-refractivity contribution >= 4 is 23.4 Å². The number of hydrogen-bond donors (Lipinski definition) is 1. The normalized spacial score (nSPS) is 16.0. The number of ether oxygens (including phenoxy) is 2. The van der Waals surface area contributed by atoms with Crippen molar-refractivity contribution in [3.63, 3.8) is 0 Å². The molecule has 148 valence electrons. The summed E-state index contributed by atoms with van der Waals surface area (Å²) in [4.78, 5) is 27.3. The van der Waals surface area contributed by atoms with Crippen molar-refractivity contribution in [2.24, 2.45) is 0 Å². The summed E-state index contributed by atoms with van der Waals surface area (Å²) in [5, 5.41) is 3.57. The van der Waals surface area contributed by atoms with Crippen molar-refractivity contribution in [3.8, 4) is 11.5 Å². The van der Waals surface area contributed by atoms with Crippen molar-refractivity contribution < 1.29 is 19.1 Å². The van der Waals surface area contributed by atoms with E-state index in [1.807, 2.05) is 12.1 Å². The summed E-state index contributed by atoms with van der Waals surface area (Å²) in [5.74, 6) is 0.695. The summed E-state index contributed by atoms with van der Waals surface area (Å²) in [5.41, 5.74) is 1.42. The third-order valence-corrected chi connectivity index (χ3v) is 5.08. The van der Waals surface area contributed by atoms with Crippen molar-refractivity contribution in [3.05, 3.63) is 58.6 Å². The summed E-state index contributed by atoms with van der Waals surface area (Å²) < 4.78 is 10.5. The van der Waals surface area contributed by atoms with Crippen LogP contribution >= 0.6 is 11.6 Å². The second kappa shape index (κ2) is 8.97. The first kappa shape index (κ1) is 20.0. The van der Waals surface area contributed by atoms with E-state index in [4.69, 9.17) is 21.1 Å². The van der Waals surface area contributed by atoms with Gasteiger partial charge in [-0.25, -0.2) is 0 Å². The molecule has 0 aliphatic carbocycles. The summed E-state index contributed by atoms with van der Waals surface area (Å²) in [6.45, 7) is 0.942. The Kier molecular flexibility index (Phi) is 6.41. The SMILES string of the molecule is COc1ccc(C(=O)N2CCC[C@H]2C(=O)NCc2ccc(Cl)cc2)cc1OC. The molecule has 2 aromatic carbocycles. The molecule has 2 amide bonds. The van der Waals surface area contributed by atoms with E-state index in [0.29, 0.717) is 41.6 Å². The topological polar surface area (TPSA) is 67.9 Å². The lowest BCUT2D eigenvalue weighted by molar-refractivity contribution is -0.125. The van der Waals surface area contributed by atoms with Gasteiger partial charge in [-0.1, -0.05) is 23.7 Å². The van der Waals surface area contributed by atoms with Crippen LogP contribution in [0.1, 0.15) is 28.8 Å². The number of benzene rings is 2. The van der Waals surface area contributed by atoms with Gasteiger partial charge in [0.25, 0.3) is 5.91 Å². The zero-order valence-electron chi connectivity index (χ0n) is 15.9. The lowest BCUT2D eigenvalue weighted by Crippen LogP contribution is -2.45. The summed E-state index contributed by atoms with van der Waals surface area (Å²) in [6, 6.07) is 11.8. The molecule has 6 nitrogen and oxygen atoms in total. The largest absolute Gasteiger partial charge is 0.493 e. The summed E-state index contributed by atoms with van der Waals surface area (Å²) >= 11 is 5.88. The lowest BCUT2D eigenvalue weighted by Gasteiger charge is -2.24. The van der Waals surface area contributed by atoms with Crippen LogP contribution in [-0.2, 0) is 11.3 Å². The Balaban J connectivity index is 1.68. The minimum Gasteiger partial charge on any atom is -0.493 e. The van der Waals surface area contributed by atoms with Gasteiger partial charge in [0.05, 0.1) is 14.2 Å². The number of methoxy groups -OCH3 is 2. The molecular formula is C21H23ClN2O4. The molecule has 1 aliphatic rings. The van der Waals surface area contributed by atoms with Crippen LogP contribution in [0.15, 0.2) is 42.5 Å². The van der Waals surface area contributed by atoms with Gasteiger partial charge in [0.15, 0.2) is 11.5 Å². The molecule has 0 unspecified atom stereocenters. The molecule has 28 heavy (non-hydrogen) atoms. The van der Waals surface area contributed by atoms with Crippen LogP contribution in [-0.4, -0.2) is 43.5 Å². The van der Waals surface area contributed by atoms with Crippen LogP contribution in [0.3, 0.4) is 0 Å². The predicted octanol–water partition coefficient (Wildman–Crippen LogP) is 3.28. The number of amides is 2. The van der Waals surface area contributed by atoms with Crippen molar-refractivity contribution in [1.82, 2.24) is 10.2 Å². The van der Waals surface area contributed by atoms with Crippen LogP contribution in [0.25, 0.3) is 0 Å². The highest BCUT2D eigenvalue weighted by Crippen LogP contribution is 2.29. The highest BCUT2D eigenvalue weighted by Gasteiger charge is 2.34. The van der Waals surface area contributed by atoms with Gasteiger partial charge in [-0.3, -0.25) is 9.59 Å². The molecule has 7 heteroatoms. The number of rotatable bonds is 6. The molecule has 1 N–H and O–H groups in total. The van der Waals surface area contributed by atoms with Gasteiger partial charge in [0.1, 0.15) is 6.04 Å². The van der Waals surface area contributed by atoms with Gasteiger partial charge >= 0.3 is 0 Å². The zero-order valence-corrected chi connectivity index (χ0v) is 16.7. The van der Waals surface area contributed by atoms with E-state index in [0.717, 1.165) is 12.0 Å². The molecule has 2 aromatic rings. The van der Waals surface area contributed by atoms with Gasteiger partial charge in [-0.2, -0.15) is 0 Å². The van der Waals surface area contributed by atoms with Crippen molar-refractivity contribution in [2.75, 3.05) is 20.8 Å². The Bertz CT molecular complexity index is 854. The van der Waals surface area contributed by atoms with E-state index in [1.54, 1.807) is 42.3 Å². The molecule has 1 aliphatic heterocycles. The second-order valence-electron chi connectivity index (χ2n) is 6.57. The standard InChI is InChI=1S/C21H23ClN2O4/c1-27-18-10-7-15(12-19(18)28-2)21(26)24-11-3-4-17(24)20(25)23-13-14-5-8-16(22)9-6-14/h5-10,12,17H,3-4,11,13H2,1-2H3,(H,23,25)/t17-/m0/s1. The minimum atomic E-state index is -0.479. The second-order valence-corrected chi connectivity index (χ2v) is 7.01.